The number of hydrogen-bond acceptors (Lipinski definition) is 2. The second-order valence-corrected chi connectivity index (χ2v) is 7.10. The number of aromatic nitrogens is 1. The second kappa shape index (κ2) is 6.39. The quantitative estimate of drug-likeness (QED) is 0.855. The fraction of sp³-hybridized carbons (Fsp3) is 0.429. The van der Waals surface area contributed by atoms with Crippen molar-refractivity contribution in [3.05, 3.63) is 65.0 Å². The molecule has 0 radical (unpaired) electrons. The van der Waals surface area contributed by atoms with Crippen LogP contribution in [0.15, 0.2) is 42.6 Å². The molecule has 2 heterocycles. The van der Waals surface area contributed by atoms with Gasteiger partial charge in [-0.2, -0.15) is 0 Å². The van der Waals surface area contributed by atoms with E-state index in [0.29, 0.717) is 6.42 Å². The fourth-order valence-electron chi connectivity index (χ4n) is 3.89. The average Bonchev–Trinajstić information content (AvgIpc) is 2.55. The van der Waals surface area contributed by atoms with Crippen LogP contribution in [0.3, 0.4) is 0 Å². The molecule has 0 spiro atoms. The third-order valence-electron chi connectivity index (χ3n) is 5.66. The lowest BCUT2D eigenvalue weighted by atomic mass is 9.80. The number of carbonyl (C=O) groups excluding carboxylic acids is 1. The van der Waals surface area contributed by atoms with Crippen LogP contribution in [0.4, 0.5) is 0 Å². The lowest BCUT2D eigenvalue weighted by molar-refractivity contribution is -0.133. The SMILES string of the molecule is CC1c2cccnc2CCN1C(=O)Cc1ccc(C2CCC2)cc1. The summed E-state index contributed by atoms with van der Waals surface area (Å²) < 4.78 is 0. The maximum absolute atomic E-state index is 12.8. The Balaban J connectivity index is 1.44. The van der Waals surface area contributed by atoms with E-state index < -0.39 is 0 Å². The molecule has 1 unspecified atom stereocenters. The van der Waals surface area contributed by atoms with Crippen molar-refractivity contribution >= 4 is 5.91 Å². The van der Waals surface area contributed by atoms with Crippen LogP contribution in [0.2, 0.25) is 0 Å². The van der Waals surface area contributed by atoms with Crippen LogP contribution in [0.1, 0.15) is 60.5 Å². The van der Waals surface area contributed by atoms with Gasteiger partial charge in [-0.3, -0.25) is 9.78 Å². The van der Waals surface area contributed by atoms with Crippen molar-refractivity contribution in [2.45, 2.75) is 51.0 Å². The van der Waals surface area contributed by atoms with E-state index in [1.54, 1.807) is 0 Å². The van der Waals surface area contributed by atoms with Gasteiger partial charge in [0, 0.05) is 24.9 Å². The Morgan fingerprint density at radius 2 is 2.00 bits per heavy atom. The summed E-state index contributed by atoms with van der Waals surface area (Å²) in [7, 11) is 0. The largest absolute Gasteiger partial charge is 0.335 e. The zero-order chi connectivity index (χ0) is 16.5. The first-order valence-corrected chi connectivity index (χ1v) is 9.04. The summed E-state index contributed by atoms with van der Waals surface area (Å²) >= 11 is 0. The first kappa shape index (κ1) is 15.4. The minimum atomic E-state index is 0.115. The highest BCUT2D eigenvalue weighted by Gasteiger charge is 2.28. The van der Waals surface area contributed by atoms with Crippen molar-refractivity contribution in [3.8, 4) is 0 Å². The number of hydrogen-bond donors (Lipinski definition) is 0. The van der Waals surface area contributed by atoms with E-state index in [9.17, 15) is 4.79 Å². The third kappa shape index (κ3) is 2.83. The molecule has 0 bridgehead atoms. The van der Waals surface area contributed by atoms with Crippen LogP contribution in [-0.2, 0) is 17.6 Å². The van der Waals surface area contributed by atoms with Crippen molar-refractivity contribution < 1.29 is 4.79 Å². The summed E-state index contributed by atoms with van der Waals surface area (Å²) in [5.41, 5.74) is 4.88. The molecular weight excluding hydrogens is 296 g/mol. The van der Waals surface area contributed by atoms with Gasteiger partial charge in [0.2, 0.25) is 5.91 Å². The molecule has 3 nitrogen and oxygen atoms in total. The second-order valence-electron chi connectivity index (χ2n) is 7.10. The van der Waals surface area contributed by atoms with Crippen molar-refractivity contribution in [2.24, 2.45) is 0 Å². The lowest BCUT2D eigenvalue weighted by Crippen LogP contribution is -2.40. The first-order valence-electron chi connectivity index (χ1n) is 9.04. The number of amides is 1. The fourth-order valence-corrected chi connectivity index (χ4v) is 3.89. The number of nitrogens with zero attached hydrogens (tertiary/aromatic N) is 2. The van der Waals surface area contributed by atoms with Gasteiger partial charge in [0.25, 0.3) is 0 Å². The molecule has 1 saturated carbocycles. The van der Waals surface area contributed by atoms with Crippen LogP contribution in [-0.4, -0.2) is 22.3 Å². The van der Waals surface area contributed by atoms with Crippen LogP contribution >= 0.6 is 0 Å². The molecule has 0 saturated heterocycles. The van der Waals surface area contributed by atoms with Crippen molar-refractivity contribution in [1.29, 1.82) is 0 Å². The Kier molecular flexibility index (Phi) is 4.09. The number of carbonyl (C=O) groups is 1. The van der Waals surface area contributed by atoms with Crippen LogP contribution in [0, 0.1) is 0 Å². The number of pyridine rings is 1. The summed E-state index contributed by atoms with van der Waals surface area (Å²) in [6.45, 7) is 2.88. The highest BCUT2D eigenvalue weighted by molar-refractivity contribution is 5.79. The zero-order valence-electron chi connectivity index (χ0n) is 14.2. The predicted octanol–water partition coefficient (Wildman–Crippen LogP) is 4.04. The van der Waals surface area contributed by atoms with Gasteiger partial charge in [0.15, 0.2) is 0 Å². The first-order chi connectivity index (χ1) is 11.7. The zero-order valence-corrected chi connectivity index (χ0v) is 14.2. The molecule has 0 N–H and O–H groups in total. The van der Waals surface area contributed by atoms with E-state index in [2.05, 4.69) is 42.2 Å². The van der Waals surface area contributed by atoms with E-state index in [4.69, 9.17) is 0 Å². The summed E-state index contributed by atoms with van der Waals surface area (Å²) in [4.78, 5) is 19.2. The molecule has 1 aromatic heterocycles. The molecule has 1 aliphatic heterocycles. The van der Waals surface area contributed by atoms with E-state index >= 15 is 0 Å². The van der Waals surface area contributed by atoms with E-state index in [1.807, 2.05) is 17.2 Å². The molecule has 1 aliphatic carbocycles. The molecule has 2 aliphatic rings. The smallest absolute Gasteiger partial charge is 0.227 e. The minimum Gasteiger partial charge on any atom is -0.335 e. The van der Waals surface area contributed by atoms with Crippen molar-refractivity contribution in [1.82, 2.24) is 9.88 Å². The Morgan fingerprint density at radius 1 is 1.21 bits per heavy atom. The van der Waals surface area contributed by atoms with Gasteiger partial charge in [0.1, 0.15) is 0 Å². The molecule has 124 valence electrons. The Bertz CT molecular complexity index is 734. The normalized spacial score (nSPS) is 20.4. The lowest BCUT2D eigenvalue weighted by Gasteiger charge is -2.34. The Hall–Kier alpha value is -2.16. The van der Waals surface area contributed by atoms with Crippen molar-refractivity contribution in [2.75, 3.05) is 6.54 Å². The standard InChI is InChI=1S/C21H24N2O/c1-15-19-6-3-12-22-20(19)11-13-23(15)21(24)14-16-7-9-18(10-8-16)17-4-2-5-17/h3,6-10,12,15,17H,2,4-5,11,13-14H2,1H3. The maximum atomic E-state index is 12.8. The van der Waals surface area contributed by atoms with Gasteiger partial charge >= 0.3 is 0 Å². The molecule has 2 aromatic rings. The van der Waals surface area contributed by atoms with Crippen LogP contribution in [0.25, 0.3) is 0 Å². The predicted molar refractivity (Wildman–Crippen MR) is 94.8 cm³/mol. The molecule has 1 aromatic carbocycles. The third-order valence-corrected chi connectivity index (χ3v) is 5.66. The minimum absolute atomic E-state index is 0.115. The Labute approximate surface area is 143 Å². The summed E-state index contributed by atoms with van der Waals surface area (Å²) in [6.07, 6.45) is 7.17. The van der Waals surface area contributed by atoms with E-state index in [0.717, 1.165) is 30.1 Å². The summed E-state index contributed by atoms with van der Waals surface area (Å²) in [5, 5.41) is 0. The van der Waals surface area contributed by atoms with Gasteiger partial charge in [-0.25, -0.2) is 0 Å². The van der Waals surface area contributed by atoms with Gasteiger partial charge in [-0.1, -0.05) is 36.8 Å². The average molecular weight is 320 g/mol. The monoisotopic (exact) mass is 320 g/mol. The van der Waals surface area contributed by atoms with Gasteiger partial charge in [-0.05, 0) is 48.4 Å². The topological polar surface area (TPSA) is 33.2 Å². The van der Waals surface area contributed by atoms with Gasteiger partial charge in [-0.15, -0.1) is 0 Å². The number of fused-ring (bicyclic) bond motifs is 1. The molecule has 1 amide bonds. The summed E-state index contributed by atoms with van der Waals surface area (Å²) in [5.74, 6) is 0.967. The summed E-state index contributed by atoms with van der Waals surface area (Å²) in [6, 6.07) is 12.9. The van der Waals surface area contributed by atoms with Gasteiger partial charge < -0.3 is 4.90 Å². The highest BCUT2D eigenvalue weighted by Crippen LogP contribution is 2.36. The maximum Gasteiger partial charge on any atom is 0.227 e. The number of benzene rings is 1. The number of rotatable bonds is 3. The molecule has 4 rings (SSSR count). The molecule has 1 atom stereocenters. The van der Waals surface area contributed by atoms with E-state index in [1.165, 1.54) is 30.4 Å². The van der Waals surface area contributed by atoms with Gasteiger partial charge in [0.05, 0.1) is 12.5 Å². The van der Waals surface area contributed by atoms with Crippen LogP contribution < -0.4 is 0 Å². The molecule has 3 heteroatoms. The molecule has 1 fully saturated rings. The van der Waals surface area contributed by atoms with Crippen LogP contribution in [0.5, 0.6) is 0 Å². The van der Waals surface area contributed by atoms with Crippen molar-refractivity contribution in [3.63, 3.8) is 0 Å². The molecular formula is C21H24N2O. The Morgan fingerprint density at radius 3 is 2.71 bits per heavy atom. The highest BCUT2D eigenvalue weighted by atomic mass is 16.2. The molecule has 24 heavy (non-hydrogen) atoms. The van der Waals surface area contributed by atoms with E-state index in [-0.39, 0.29) is 11.9 Å².